The quantitative estimate of drug-likeness (QED) is 0.716. The summed E-state index contributed by atoms with van der Waals surface area (Å²) in [6.45, 7) is 3.68. The highest BCUT2D eigenvalue weighted by molar-refractivity contribution is 6.00. The Morgan fingerprint density at radius 3 is 2.79 bits per heavy atom. The molecule has 7 heteroatoms. The van der Waals surface area contributed by atoms with E-state index in [0.29, 0.717) is 13.1 Å². The van der Waals surface area contributed by atoms with E-state index in [1.54, 1.807) is 22.1 Å². The minimum absolute atomic E-state index is 0.0506. The summed E-state index contributed by atoms with van der Waals surface area (Å²) < 4.78 is 1.70. The molecule has 4 rings (SSSR count). The molecule has 0 aliphatic carbocycles. The zero-order chi connectivity index (χ0) is 16.7. The number of aryl methyl sites for hydroxylation is 2. The molecule has 1 fully saturated rings. The summed E-state index contributed by atoms with van der Waals surface area (Å²) in [6.07, 6.45) is 5.14. The largest absolute Gasteiger partial charge is 0.345 e. The van der Waals surface area contributed by atoms with Gasteiger partial charge in [-0.2, -0.15) is 5.10 Å². The van der Waals surface area contributed by atoms with Gasteiger partial charge in [0.25, 0.3) is 0 Å². The van der Waals surface area contributed by atoms with Gasteiger partial charge in [0.1, 0.15) is 12.1 Å². The van der Waals surface area contributed by atoms with Crippen LogP contribution < -0.4 is 9.80 Å². The third-order valence-electron chi connectivity index (χ3n) is 4.37. The van der Waals surface area contributed by atoms with Crippen molar-refractivity contribution in [3.05, 3.63) is 42.5 Å². The number of amides is 1. The molecule has 0 N–H and O–H groups in total. The second kappa shape index (κ2) is 5.59. The fourth-order valence-corrected chi connectivity index (χ4v) is 3.18. The van der Waals surface area contributed by atoms with E-state index in [-0.39, 0.29) is 5.91 Å². The zero-order valence-electron chi connectivity index (χ0n) is 13.7. The molecule has 3 aromatic rings. The SMILES string of the molecule is Cc1cccc2ncnc(N3CCN(c4cnn(C)c4)C(=O)C3)c12. The topological polar surface area (TPSA) is 67.2 Å². The Morgan fingerprint density at radius 1 is 1.17 bits per heavy atom. The molecule has 1 aromatic carbocycles. The number of nitrogens with zero attached hydrogens (tertiary/aromatic N) is 6. The van der Waals surface area contributed by atoms with Crippen molar-refractivity contribution in [1.82, 2.24) is 19.7 Å². The first-order chi connectivity index (χ1) is 11.6. The lowest BCUT2D eigenvalue weighted by Crippen LogP contribution is -2.51. The monoisotopic (exact) mass is 322 g/mol. The van der Waals surface area contributed by atoms with Gasteiger partial charge in [-0.05, 0) is 18.6 Å². The number of benzene rings is 1. The number of rotatable bonds is 2. The molecule has 0 radical (unpaired) electrons. The first kappa shape index (κ1) is 14.6. The zero-order valence-corrected chi connectivity index (χ0v) is 13.7. The number of carbonyl (C=O) groups excluding carboxylic acids is 1. The van der Waals surface area contributed by atoms with E-state index in [0.717, 1.165) is 34.5 Å². The Morgan fingerprint density at radius 2 is 2.04 bits per heavy atom. The molecule has 1 aliphatic rings. The maximum atomic E-state index is 12.6. The van der Waals surface area contributed by atoms with Crippen LogP contribution in [0.5, 0.6) is 0 Å². The van der Waals surface area contributed by atoms with Gasteiger partial charge in [0, 0.05) is 31.7 Å². The van der Waals surface area contributed by atoms with Crippen LogP contribution in [0.4, 0.5) is 11.5 Å². The average molecular weight is 322 g/mol. The average Bonchev–Trinajstić information content (AvgIpc) is 3.01. The number of anilines is 2. The second-order valence-corrected chi connectivity index (χ2v) is 6.01. The fraction of sp³-hybridized carbons (Fsp3) is 0.294. The van der Waals surface area contributed by atoms with Crippen molar-refractivity contribution in [2.45, 2.75) is 6.92 Å². The molecule has 1 amide bonds. The maximum Gasteiger partial charge on any atom is 0.246 e. The number of hydrogen-bond acceptors (Lipinski definition) is 5. The number of piperazine rings is 1. The van der Waals surface area contributed by atoms with Crippen LogP contribution in [0.2, 0.25) is 0 Å². The Bertz CT molecular complexity index is 913. The van der Waals surface area contributed by atoms with Crippen molar-refractivity contribution in [2.24, 2.45) is 7.05 Å². The lowest BCUT2D eigenvalue weighted by Gasteiger charge is -2.34. The molecule has 0 saturated carbocycles. The van der Waals surface area contributed by atoms with Crippen molar-refractivity contribution in [3.8, 4) is 0 Å². The normalized spacial score (nSPS) is 15.3. The van der Waals surface area contributed by atoms with Crippen LogP contribution in [0.15, 0.2) is 36.9 Å². The van der Waals surface area contributed by atoms with Gasteiger partial charge in [-0.25, -0.2) is 9.97 Å². The van der Waals surface area contributed by atoms with Crippen LogP contribution in [0.3, 0.4) is 0 Å². The minimum atomic E-state index is 0.0506. The summed E-state index contributed by atoms with van der Waals surface area (Å²) in [6, 6.07) is 6.00. The maximum absolute atomic E-state index is 12.6. The van der Waals surface area contributed by atoms with Crippen molar-refractivity contribution in [1.29, 1.82) is 0 Å². The molecule has 122 valence electrons. The first-order valence-corrected chi connectivity index (χ1v) is 7.88. The molecule has 24 heavy (non-hydrogen) atoms. The van der Waals surface area contributed by atoms with Gasteiger partial charge in [0.2, 0.25) is 5.91 Å². The number of hydrogen-bond donors (Lipinski definition) is 0. The van der Waals surface area contributed by atoms with E-state index in [2.05, 4.69) is 15.1 Å². The van der Waals surface area contributed by atoms with E-state index < -0.39 is 0 Å². The molecule has 3 heterocycles. The molecule has 1 saturated heterocycles. The molecule has 0 atom stereocenters. The van der Waals surface area contributed by atoms with Gasteiger partial charge >= 0.3 is 0 Å². The van der Waals surface area contributed by atoms with Crippen molar-refractivity contribution < 1.29 is 4.79 Å². The fourth-order valence-electron chi connectivity index (χ4n) is 3.18. The van der Waals surface area contributed by atoms with Gasteiger partial charge in [0.05, 0.1) is 23.9 Å². The highest BCUT2D eigenvalue weighted by atomic mass is 16.2. The van der Waals surface area contributed by atoms with E-state index >= 15 is 0 Å². The summed E-state index contributed by atoms with van der Waals surface area (Å²) in [5, 5.41) is 5.16. The lowest BCUT2D eigenvalue weighted by molar-refractivity contribution is -0.117. The van der Waals surface area contributed by atoms with Gasteiger partial charge in [-0.15, -0.1) is 0 Å². The third kappa shape index (κ3) is 2.38. The summed E-state index contributed by atoms with van der Waals surface area (Å²) in [5.41, 5.74) is 2.86. The van der Waals surface area contributed by atoms with Gasteiger partial charge in [-0.1, -0.05) is 12.1 Å². The highest BCUT2D eigenvalue weighted by Crippen LogP contribution is 2.27. The van der Waals surface area contributed by atoms with Gasteiger partial charge in [-0.3, -0.25) is 9.48 Å². The van der Waals surface area contributed by atoms with E-state index in [9.17, 15) is 4.79 Å². The van der Waals surface area contributed by atoms with E-state index in [4.69, 9.17) is 0 Å². The van der Waals surface area contributed by atoms with Crippen LogP contribution in [-0.2, 0) is 11.8 Å². The molecule has 7 nitrogen and oxygen atoms in total. The van der Waals surface area contributed by atoms with Crippen LogP contribution in [0.25, 0.3) is 10.9 Å². The summed E-state index contributed by atoms with van der Waals surface area (Å²) in [7, 11) is 1.85. The Labute approximate surface area is 139 Å². The summed E-state index contributed by atoms with van der Waals surface area (Å²) >= 11 is 0. The van der Waals surface area contributed by atoms with E-state index in [1.807, 2.05) is 43.3 Å². The predicted molar refractivity (Wildman–Crippen MR) is 92.0 cm³/mol. The van der Waals surface area contributed by atoms with Crippen molar-refractivity contribution in [3.63, 3.8) is 0 Å². The smallest absolute Gasteiger partial charge is 0.246 e. The third-order valence-corrected chi connectivity index (χ3v) is 4.37. The Kier molecular flexibility index (Phi) is 3.41. The van der Waals surface area contributed by atoms with Crippen molar-refractivity contribution in [2.75, 3.05) is 29.4 Å². The molecular weight excluding hydrogens is 304 g/mol. The number of carbonyl (C=O) groups is 1. The molecular formula is C17H18N6O. The Balaban J connectivity index is 1.65. The Hall–Kier alpha value is -2.96. The predicted octanol–water partition coefficient (Wildman–Crippen LogP) is 1.52. The minimum Gasteiger partial charge on any atom is -0.345 e. The van der Waals surface area contributed by atoms with E-state index in [1.165, 1.54) is 0 Å². The second-order valence-electron chi connectivity index (χ2n) is 6.01. The summed E-state index contributed by atoms with van der Waals surface area (Å²) in [4.78, 5) is 25.2. The first-order valence-electron chi connectivity index (χ1n) is 7.88. The lowest BCUT2D eigenvalue weighted by atomic mass is 10.1. The van der Waals surface area contributed by atoms with Crippen LogP contribution in [-0.4, -0.2) is 45.3 Å². The van der Waals surface area contributed by atoms with Crippen LogP contribution >= 0.6 is 0 Å². The standard InChI is InChI=1S/C17H18N6O/c1-12-4-3-5-14-16(12)17(19-11-18-14)22-6-7-23(15(24)10-22)13-8-20-21(2)9-13/h3-5,8-9,11H,6-7,10H2,1-2H3. The molecule has 0 spiro atoms. The highest BCUT2D eigenvalue weighted by Gasteiger charge is 2.27. The number of fused-ring (bicyclic) bond motifs is 1. The van der Waals surface area contributed by atoms with Gasteiger partial charge in [0.15, 0.2) is 0 Å². The van der Waals surface area contributed by atoms with Crippen LogP contribution in [0.1, 0.15) is 5.56 Å². The molecule has 0 unspecified atom stereocenters. The summed E-state index contributed by atoms with van der Waals surface area (Å²) in [5.74, 6) is 0.881. The molecule has 1 aliphatic heterocycles. The van der Waals surface area contributed by atoms with Crippen molar-refractivity contribution >= 4 is 28.3 Å². The number of aromatic nitrogens is 4. The molecule has 2 aromatic heterocycles. The van der Waals surface area contributed by atoms with Gasteiger partial charge < -0.3 is 9.80 Å². The van der Waals surface area contributed by atoms with Crippen LogP contribution in [0, 0.1) is 6.92 Å². The molecule has 0 bridgehead atoms.